The van der Waals surface area contributed by atoms with E-state index >= 15 is 0 Å². The average molecular weight is 331 g/mol. The highest BCUT2D eigenvalue weighted by Gasteiger charge is 2.15. The van der Waals surface area contributed by atoms with Crippen LogP contribution < -0.4 is 4.74 Å². The first-order chi connectivity index (χ1) is 11.9. The second kappa shape index (κ2) is 10.1. The van der Waals surface area contributed by atoms with Crippen molar-refractivity contribution in [3.05, 3.63) is 29.8 Å². The van der Waals surface area contributed by atoms with Crippen molar-refractivity contribution >= 4 is 0 Å². The number of hydrogen-bond donors (Lipinski definition) is 0. The van der Waals surface area contributed by atoms with Gasteiger partial charge in [-0.25, -0.2) is 0 Å². The third kappa shape index (κ3) is 5.81. The Kier molecular flexibility index (Phi) is 7.47. The van der Waals surface area contributed by atoms with Gasteiger partial charge in [0.25, 0.3) is 0 Å². The van der Waals surface area contributed by atoms with E-state index in [4.69, 9.17) is 9.47 Å². The van der Waals surface area contributed by atoms with E-state index in [-0.39, 0.29) is 6.10 Å². The van der Waals surface area contributed by atoms with Gasteiger partial charge in [0.1, 0.15) is 12.4 Å². The van der Waals surface area contributed by atoms with Crippen LogP contribution in [0.4, 0.5) is 0 Å². The van der Waals surface area contributed by atoms with Crippen LogP contribution in [0.1, 0.15) is 76.2 Å². The molecular weight excluding hydrogens is 296 g/mol. The molecule has 0 aromatic heterocycles. The van der Waals surface area contributed by atoms with E-state index in [1.165, 1.54) is 69.8 Å². The number of ether oxygens (including phenoxy) is 2. The Bertz CT molecular complexity index is 459. The molecule has 1 unspecified atom stereocenters. The summed E-state index contributed by atoms with van der Waals surface area (Å²) < 4.78 is 11.9. The predicted molar refractivity (Wildman–Crippen MR) is 99.7 cm³/mol. The van der Waals surface area contributed by atoms with E-state index in [1.54, 1.807) is 0 Å². The van der Waals surface area contributed by atoms with Gasteiger partial charge in [0, 0.05) is 6.61 Å². The Labute approximate surface area is 147 Å². The smallest absolute Gasteiger partial charge is 0.122 e. The highest BCUT2D eigenvalue weighted by molar-refractivity contribution is 5.33. The largest absolute Gasteiger partial charge is 0.491 e. The van der Waals surface area contributed by atoms with E-state index in [0.29, 0.717) is 6.61 Å². The molecule has 0 radical (unpaired) electrons. The summed E-state index contributed by atoms with van der Waals surface area (Å²) in [7, 11) is 0. The first-order valence-electron chi connectivity index (χ1n) is 10.2. The fraction of sp³-hybridized carbons (Fsp3) is 0.727. The van der Waals surface area contributed by atoms with Gasteiger partial charge in [0.2, 0.25) is 0 Å². The van der Waals surface area contributed by atoms with Gasteiger partial charge in [-0.15, -0.1) is 0 Å². The molecule has 1 saturated heterocycles. The number of rotatable bonds is 8. The molecule has 0 spiro atoms. The second-order valence-corrected chi connectivity index (χ2v) is 7.66. The first-order valence-corrected chi connectivity index (χ1v) is 10.2. The van der Waals surface area contributed by atoms with E-state index in [1.807, 2.05) is 0 Å². The molecule has 2 heteroatoms. The average Bonchev–Trinajstić information content (AvgIpc) is 2.66. The summed E-state index contributed by atoms with van der Waals surface area (Å²) in [5.41, 5.74) is 1.37. The monoisotopic (exact) mass is 330 g/mol. The molecule has 1 aromatic rings. The highest BCUT2D eigenvalue weighted by atomic mass is 16.5. The minimum atomic E-state index is 0.290. The number of unbranched alkanes of at least 4 members (excludes halogenated alkanes) is 1. The lowest BCUT2D eigenvalue weighted by Gasteiger charge is -2.23. The van der Waals surface area contributed by atoms with Gasteiger partial charge in [-0.05, 0) is 49.7 Å². The molecule has 2 nitrogen and oxygen atoms in total. The van der Waals surface area contributed by atoms with Crippen molar-refractivity contribution in [1.82, 2.24) is 0 Å². The second-order valence-electron chi connectivity index (χ2n) is 7.66. The number of para-hydroxylation sites is 1. The maximum atomic E-state index is 6.10. The van der Waals surface area contributed by atoms with Crippen LogP contribution >= 0.6 is 0 Å². The van der Waals surface area contributed by atoms with Crippen LogP contribution in [0.3, 0.4) is 0 Å². The molecule has 1 aliphatic heterocycles. The molecule has 2 aliphatic rings. The van der Waals surface area contributed by atoms with E-state index in [2.05, 4.69) is 24.3 Å². The molecule has 24 heavy (non-hydrogen) atoms. The molecule has 0 bridgehead atoms. The highest BCUT2D eigenvalue weighted by Crippen LogP contribution is 2.28. The Morgan fingerprint density at radius 2 is 1.75 bits per heavy atom. The molecule has 134 valence electrons. The molecule has 1 saturated carbocycles. The van der Waals surface area contributed by atoms with E-state index < -0.39 is 0 Å². The predicted octanol–water partition coefficient (Wildman–Crippen LogP) is 5.93. The Morgan fingerprint density at radius 1 is 0.917 bits per heavy atom. The van der Waals surface area contributed by atoms with Crippen molar-refractivity contribution in [2.24, 2.45) is 5.92 Å². The Morgan fingerprint density at radius 3 is 2.58 bits per heavy atom. The van der Waals surface area contributed by atoms with Gasteiger partial charge in [0.15, 0.2) is 0 Å². The van der Waals surface area contributed by atoms with Crippen LogP contribution in [0.2, 0.25) is 0 Å². The minimum absolute atomic E-state index is 0.290. The Balaban J connectivity index is 1.39. The van der Waals surface area contributed by atoms with Gasteiger partial charge >= 0.3 is 0 Å². The topological polar surface area (TPSA) is 18.5 Å². The molecule has 1 aliphatic carbocycles. The third-order valence-electron chi connectivity index (χ3n) is 5.70. The van der Waals surface area contributed by atoms with Crippen molar-refractivity contribution < 1.29 is 9.47 Å². The standard InChI is InChI=1S/C22H34O2/c1-2-10-19(11-3-1)12-4-5-13-20-14-6-7-16-22(20)24-18-21-15-8-9-17-23-21/h6-7,14,16,19,21H,1-5,8-13,15,17-18H2. The van der Waals surface area contributed by atoms with Gasteiger partial charge in [-0.2, -0.15) is 0 Å². The molecule has 1 heterocycles. The van der Waals surface area contributed by atoms with Gasteiger partial charge < -0.3 is 9.47 Å². The van der Waals surface area contributed by atoms with Crippen molar-refractivity contribution in [3.63, 3.8) is 0 Å². The van der Waals surface area contributed by atoms with Crippen molar-refractivity contribution in [3.8, 4) is 5.75 Å². The summed E-state index contributed by atoms with van der Waals surface area (Å²) in [5, 5.41) is 0. The fourth-order valence-corrected chi connectivity index (χ4v) is 4.20. The summed E-state index contributed by atoms with van der Waals surface area (Å²) in [6.45, 7) is 1.61. The summed E-state index contributed by atoms with van der Waals surface area (Å²) in [6, 6.07) is 8.58. The lowest BCUT2D eigenvalue weighted by molar-refractivity contribution is -0.0112. The number of aryl methyl sites for hydroxylation is 1. The first kappa shape index (κ1) is 17.8. The molecule has 3 rings (SSSR count). The molecule has 0 N–H and O–H groups in total. The summed E-state index contributed by atoms with van der Waals surface area (Å²) >= 11 is 0. The van der Waals surface area contributed by atoms with Crippen molar-refractivity contribution in [2.45, 2.75) is 83.2 Å². The quantitative estimate of drug-likeness (QED) is 0.550. The maximum absolute atomic E-state index is 6.10. The minimum Gasteiger partial charge on any atom is -0.491 e. The summed E-state index contributed by atoms with van der Waals surface area (Å²) in [4.78, 5) is 0. The van der Waals surface area contributed by atoms with Crippen LogP contribution in [-0.2, 0) is 11.2 Å². The SMILES string of the molecule is c1ccc(OCC2CCCCO2)c(CCCCC2CCCCC2)c1. The van der Waals surface area contributed by atoms with Crippen LogP contribution in [0.25, 0.3) is 0 Å². The normalized spacial score (nSPS) is 22.4. The van der Waals surface area contributed by atoms with Crippen molar-refractivity contribution in [1.29, 1.82) is 0 Å². The van der Waals surface area contributed by atoms with Crippen LogP contribution in [-0.4, -0.2) is 19.3 Å². The maximum Gasteiger partial charge on any atom is 0.122 e. The van der Waals surface area contributed by atoms with Gasteiger partial charge in [0.05, 0.1) is 6.10 Å². The number of hydrogen-bond acceptors (Lipinski definition) is 2. The summed E-state index contributed by atoms with van der Waals surface area (Å²) in [5.74, 6) is 2.08. The van der Waals surface area contributed by atoms with Gasteiger partial charge in [-0.3, -0.25) is 0 Å². The Hall–Kier alpha value is -1.02. The van der Waals surface area contributed by atoms with E-state index in [0.717, 1.165) is 31.1 Å². The lowest BCUT2D eigenvalue weighted by atomic mass is 9.85. The molecule has 1 atom stereocenters. The zero-order valence-electron chi connectivity index (χ0n) is 15.2. The van der Waals surface area contributed by atoms with E-state index in [9.17, 15) is 0 Å². The zero-order chi connectivity index (χ0) is 16.5. The van der Waals surface area contributed by atoms with Crippen LogP contribution in [0.5, 0.6) is 5.75 Å². The molecule has 1 aromatic carbocycles. The lowest BCUT2D eigenvalue weighted by Crippen LogP contribution is -2.26. The zero-order valence-corrected chi connectivity index (χ0v) is 15.2. The number of benzene rings is 1. The third-order valence-corrected chi connectivity index (χ3v) is 5.70. The van der Waals surface area contributed by atoms with Crippen molar-refractivity contribution in [2.75, 3.05) is 13.2 Å². The molecule has 0 amide bonds. The fourth-order valence-electron chi connectivity index (χ4n) is 4.20. The molecule has 2 fully saturated rings. The van der Waals surface area contributed by atoms with Gasteiger partial charge in [-0.1, -0.05) is 63.1 Å². The van der Waals surface area contributed by atoms with Crippen LogP contribution in [0, 0.1) is 5.92 Å². The summed E-state index contributed by atoms with van der Waals surface area (Å²) in [6.07, 6.45) is 16.5. The van der Waals surface area contributed by atoms with Crippen LogP contribution in [0.15, 0.2) is 24.3 Å². The molecular formula is C22H34O2.